The largest absolute Gasteiger partial charge is 0.369 e. The second kappa shape index (κ2) is 5.14. The lowest BCUT2D eigenvalue weighted by Crippen LogP contribution is -2.20. The molecule has 4 nitrogen and oxygen atoms in total. The van der Waals surface area contributed by atoms with E-state index in [1.807, 2.05) is 19.9 Å². The molecule has 1 heterocycles. The summed E-state index contributed by atoms with van der Waals surface area (Å²) in [6.45, 7) is 12.3. The Morgan fingerprint density at radius 1 is 1.19 bits per heavy atom. The fourth-order valence-electron chi connectivity index (χ4n) is 1.25. The number of nitrogens with zero attached hydrogens (tertiary/aromatic N) is 2. The van der Waals surface area contributed by atoms with Gasteiger partial charge in [-0.05, 0) is 19.3 Å². The summed E-state index contributed by atoms with van der Waals surface area (Å²) in [7, 11) is 0. The molecule has 1 aromatic heterocycles. The molecule has 4 heteroatoms. The maximum absolute atomic E-state index is 4.39. The topological polar surface area (TPSA) is 49.8 Å². The average Bonchev–Trinajstić information content (AvgIpc) is 2.13. The maximum atomic E-state index is 4.39. The van der Waals surface area contributed by atoms with Crippen LogP contribution in [0.5, 0.6) is 0 Å². The van der Waals surface area contributed by atoms with Gasteiger partial charge in [-0.2, -0.15) is 4.98 Å². The number of hydrogen-bond acceptors (Lipinski definition) is 4. The number of anilines is 2. The Balaban J connectivity index is 2.72. The van der Waals surface area contributed by atoms with Gasteiger partial charge in [0.15, 0.2) is 0 Å². The van der Waals surface area contributed by atoms with Gasteiger partial charge in [-0.15, -0.1) is 0 Å². The first-order chi connectivity index (χ1) is 7.40. The summed E-state index contributed by atoms with van der Waals surface area (Å²) in [5.41, 5.74) is 1.22. The van der Waals surface area contributed by atoms with Crippen molar-refractivity contribution >= 4 is 11.8 Å². The summed E-state index contributed by atoms with van der Waals surface area (Å²) >= 11 is 0. The molecule has 0 fully saturated rings. The summed E-state index contributed by atoms with van der Waals surface area (Å²) in [4.78, 5) is 8.70. The number of hydrogen-bond donors (Lipinski definition) is 2. The van der Waals surface area contributed by atoms with E-state index in [1.165, 1.54) is 0 Å². The van der Waals surface area contributed by atoms with Crippen molar-refractivity contribution in [2.45, 2.75) is 34.6 Å². The van der Waals surface area contributed by atoms with E-state index in [4.69, 9.17) is 0 Å². The average molecular weight is 222 g/mol. The molecule has 0 saturated carbocycles. The zero-order valence-corrected chi connectivity index (χ0v) is 10.9. The van der Waals surface area contributed by atoms with Crippen LogP contribution in [0.4, 0.5) is 11.8 Å². The Bertz CT molecular complexity index is 341. The van der Waals surface area contributed by atoms with Crippen LogP contribution in [0.3, 0.4) is 0 Å². The van der Waals surface area contributed by atoms with Gasteiger partial charge < -0.3 is 10.6 Å². The summed E-state index contributed by atoms with van der Waals surface area (Å²) in [6.07, 6.45) is 0. The number of aromatic nitrogens is 2. The van der Waals surface area contributed by atoms with Gasteiger partial charge in [0.05, 0.1) is 0 Å². The Morgan fingerprint density at radius 3 is 2.44 bits per heavy atom. The lowest BCUT2D eigenvalue weighted by atomic mass is 9.97. The van der Waals surface area contributed by atoms with E-state index in [9.17, 15) is 0 Å². The molecule has 0 bridgehead atoms. The molecule has 0 atom stereocenters. The molecule has 0 aliphatic carbocycles. The molecular weight excluding hydrogens is 200 g/mol. The minimum Gasteiger partial charge on any atom is -0.369 e. The summed E-state index contributed by atoms with van der Waals surface area (Å²) in [5, 5.41) is 6.46. The van der Waals surface area contributed by atoms with E-state index in [-0.39, 0.29) is 5.41 Å². The predicted octanol–water partition coefficient (Wildman–Crippen LogP) is 2.67. The molecule has 0 saturated heterocycles. The quantitative estimate of drug-likeness (QED) is 0.822. The molecule has 0 aliphatic rings. The van der Waals surface area contributed by atoms with Crippen LogP contribution < -0.4 is 10.6 Å². The molecule has 2 N–H and O–H groups in total. The number of nitrogens with one attached hydrogen (secondary N) is 2. The van der Waals surface area contributed by atoms with Gasteiger partial charge in [0.2, 0.25) is 5.95 Å². The summed E-state index contributed by atoms with van der Waals surface area (Å²) in [5.74, 6) is 1.58. The van der Waals surface area contributed by atoms with Crippen molar-refractivity contribution in [2.75, 3.05) is 23.7 Å². The number of aryl methyl sites for hydroxylation is 1. The van der Waals surface area contributed by atoms with Crippen molar-refractivity contribution in [1.82, 2.24) is 9.97 Å². The van der Waals surface area contributed by atoms with Crippen LogP contribution in [0.25, 0.3) is 0 Å². The van der Waals surface area contributed by atoms with Crippen molar-refractivity contribution < 1.29 is 0 Å². The molecule has 1 aromatic rings. The Kier molecular flexibility index (Phi) is 4.10. The summed E-state index contributed by atoms with van der Waals surface area (Å²) in [6, 6.07) is 1.96. The van der Waals surface area contributed by atoms with Gasteiger partial charge >= 0.3 is 0 Å². The van der Waals surface area contributed by atoms with E-state index < -0.39 is 0 Å². The van der Waals surface area contributed by atoms with Crippen molar-refractivity contribution in [2.24, 2.45) is 5.41 Å². The molecular formula is C12H22N4. The third kappa shape index (κ3) is 4.47. The fraction of sp³-hybridized carbons (Fsp3) is 0.667. The van der Waals surface area contributed by atoms with E-state index in [1.54, 1.807) is 0 Å². The Hall–Kier alpha value is -1.32. The first-order valence-electron chi connectivity index (χ1n) is 5.74. The Labute approximate surface area is 97.9 Å². The molecule has 0 aromatic carbocycles. The third-order valence-corrected chi connectivity index (χ3v) is 1.99. The summed E-state index contributed by atoms with van der Waals surface area (Å²) < 4.78 is 0. The van der Waals surface area contributed by atoms with Crippen LogP contribution in [0.15, 0.2) is 6.07 Å². The first kappa shape index (κ1) is 12.7. The van der Waals surface area contributed by atoms with Crippen molar-refractivity contribution in [3.63, 3.8) is 0 Å². The third-order valence-electron chi connectivity index (χ3n) is 1.99. The van der Waals surface area contributed by atoms with Gasteiger partial charge in [-0.3, -0.25) is 0 Å². The maximum Gasteiger partial charge on any atom is 0.224 e. The van der Waals surface area contributed by atoms with Gasteiger partial charge in [0.1, 0.15) is 5.82 Å². The molecule has 90 valence electrons. The molecule has 1 rings (SSSR count). The molecule has 0 aliphatic heterocycles. The van der Waals surface area contributed by atoms with Gasteiger partial charge in [-0.1, -0.05) is 20.8 Å². The SMILES string of the molecule is CCNc1nc(C)cc(NCC(C)(C)C)n1. The molecule has 16 heavy (non-hydrogen) atoms. The van der Waals surface area contributed by atoms with Crippen LogP contribution in [0, 0.1) is 12.3 Å². The highest BCUT2D eigenvalue weighted by Gasteiger charge is 2.10. The number of rotatable bonds is 4. The highest BCUT2D eigenvalue weighted by molar-refractivity contribution is 5.42. The fourth-order valence-corrected chi connectivity index (χ4v) is 1.25. The van der Waals surface area contributed by atoms with Crippen molar-refractivity contribution in [3.05, 3.63) is 11.8 Å². The predicted molar refractivity (Wildman–Crippen MR) is 68.9 cm³/mol. The first-order valence-corrected chi connectivity index (χ1v) is 5.74. The van der Waals surface area contributed by atoms with Gasteiger partial charge in [0.25, 0.3) is 0 Å². The minimum absolute atomic E-state index is 0.247. The van der Waals surface area contributed by atoms with Crippen molar-refractivity contribution in [1.29, 1.82) is 0 Å². The highest BCUT2D eigenvalue weighted by Crippen LogP contribution is 2.15. The van der Waals surface area contributed by atoms with Crippen LogP contribution >= 0.6 is 0 Å². The minimum atomic E-state index is 0.247. The molecule has 0 radical (unpaired) electrons. The van der Waals surface area contributed by atoms with Gasteiger partial charge in [-0.25, -0.2) is 4.98 Å². The zero-order valence-electron chi connectivity index (χ0n) is 10.9. The molecule has 0 amide bonds. The van der Waals surface area contributed by atoms with E-state index >= 15 is 0 Å². The van der Waals surface area contributed by atoms with Crippen molar-refractivity contribution in [3.8, 4) is 0 Å². The van der Waals surface area contributed by atoms with E-state index in [2.05, 4.69) is 41.4 Å². The lowest BCUT2D eigenvalue weighted by Gasteiger charge is -2.19. The monoisotopic (exact) mass is 222 g/mol. The second-order valence-electron chi connectivity index (χ2n) is 5.16. The highest BCUT2D eigenvalue weighted by atomic mass is 15.1. The second-order valence-corrected chi connectivity index (χ2v) is 5.16. The molecule has 0 spiro atoms. The molecule has 0 unspecified atom stereocenters. The normalized spacial score (nSPS) is 11.3. The van der Waals surface area contributed by atoms with Crippen LogP contribution in [0.1, 0.15) is 33.4 Å². The lowest BCUT2D eigenvalue weighted by molar-refractivity contribution is 0.442. The van der Waals surface area contributed by atoms with Crippen LogP contribution in [-0.2, 0) is 0 Å². The zero-order chi connectivity index (χ0) is 12.2. The van der Waals surface area contributed by atoms with Crippen LogP contribution in [-0.4, -0.2) is 23.1 Å². The smallest absolute Gasteiger partial charge is 0.224 e. The van der Waals surface area contributed by atoms with E-state index in [0.717, 1.165) is 24.6 Å². The van der Waals surface area contributed by atoms with E-state index in [0.29, 0.717) is 5.95 Å². The van der Waals surface area contributed by atoms with Crippen LogP contribution in [0.2, 0.25) is 0 Å². The van der Waals surface area contributed by atoms with Gasteiger partial charge in [0, 0.05) is 24.8 Å². The standard InChI is InChI=1S/C12H22N4/c1-6-13-11-15-9(2)7-10(16-11)14-8-12(3,4)5/h7H,6,8H2,1-5H3,(H2,13,14,15,16). The Morgan fingerprint density at radius 2 is 1.88 bits per heavy atom.